The largest absolute Gasteiger partial charge is 0.272 e. The van der Waals surface area contributed by atoms with E-state index in [0.717, 1.165) is 16.2 Å². The number of benzene rings is 2. The van der Waals surface area contributed by atoms with Gasteiger partial charge in [0.05, 0.1) is 28.1 Å². The van der Waals surface area contributed by atoms with Crippen LogP contribution in [0.4, 0.5) is 0 Å². The monoisotopic (exact) mass is 448 g/mol. The molecular weight excluding hydrogens is 428 g/mol. The average Bonchev–Trinajstić information content (AvgIpc) is 3.32. The van der Waals surface area contributed by atoms with Gasteiger partial charge in [-0.15, -0.1) is 11.3 Å². The minimum atomic E-state index is -0.265. The van der Waals surface area contributed by atoms with Gasteiger partial charge in [0.2, 0.25) is 0 Å². The van der Waals surface area contributed by atoms with Gasteiger partial charge in [0.15, 0.2) is 5.16 Å². The Balaban J connectivity index is 1.61. The van der Waals surface area contributed by atoms with Crippen LogP contribution in [0.3, 0.4) is 0 Å². The summed E-state index contributed by atoms with van der Waals surface area (Å²) in [5.74, 6) is -0.184. The molecule has 0 fully saturated rings. The number of hydrazone groups is 1. The summed E-state index contributed by atoms with van der Waals surface area (Å²) in [5, 5.41) is 7.12. The molecule has 2 aromatic carbocycles. The fourth-order valence-electron chi connectivity index (χ4n) is 2.98. The van der Waals surface area contributed by atoms with Crippen molar-refractivity contribution in [3.8, 4) is 5.69 Å². The molecule has 6 nitrogen and oxygen atoms in total. The van der Waals surface area contributed by atoms with Crippen molar-refractivity contribution < 1.29 is 4.79 Å². The number of aryl methyl sites for hydroxylation is 1. The molecule has 0 radical (unpaired) electrons. The lowest BCUT2D eigenvalue weighted by atomic mass is 10.2. The second-order valence-corrected chi connectivity index (χ2v) is 8.78. The van der Waals surface area contributed by atoms with E-state index in [2.05, 4.69) is 15.5 Å². The molecule has 1 amide bonds. The lowest BCUT2D eigenvalue weighted by molar-refractivity contribution is -0.118. The Morgan fingerprint density at radius 1 is 1.13 bits per heavy atom. The number of carbonyl (C=O) groups is 1. The van der Waals surface area contributed by atoms with Gasteiger partial charge in [0.1, 0.15) is 0 Å². The van der Waals surface area contributed by atoms with Crippen LogP contribution in [-0.4, -0.2) is 26.9 Å². The third-order valence-electron chi connectivity index (χ3n) is 4.60. The summed E-state index contributed by atoms with van der Waals surface area (Å²) in [6, 6.07) is 18.8. The lowest BCUT2D eigenvalue weighted by Crippen LogP contribution is -2.24. The average molecular weight is 449 g/mol. The van der Waals surface area contributed by atoms with E-state index in [1.54, 1.807) is 28.0 Å². The van der Waals surface area contributed by atoms with Gasteiger partial charge >= 0.3 is 0 Å². The Kier molecular flexibility index (Phi) is 6.29. The van der Waals surface area contributed by atoms with Crippen LogP contribution in [0.25, 0.3) is 16.6 Å². The van der Waals surface area contributed by atoms with Crippen molar-refractivity contribution in [1.29, 1.82) is 0 Å². The summed E-state index contributed by atoms with van der Waals surface area (Å²) in [6.07, 6.45) is 0. The molecule has 2 aromatic heterocycles. The summed E-state index contributed by atoms with van der Waals surface area (Å²) < 4.78 is 1.56. The van der Waals surface area contributed by atoms with Gasteiger partial charge in [-0.25, -0.2) is 10.4 Å². The molecule has 156 valence electrons. The molecule has 4 aromatic rings. The van der Waals surface area contributed by atoms with E-state index in [-0.39, 0.29) is 17.2 Å². The van der Waals surface area contributed by atoms with Crippen LogP contribution in [0.2, 0.25) is 0 Å². The first-order chi connectivity index (χ1) is 15.0. The summed E-state index contributed by atoms with van der Waals surface area (Å²) in [7, 11) is 0. The van der Waals surface area contributed by atoms with Crippen LogP contribution in [0, 0.1) is 6.92 Å². The van der Waals surface area contributed by atoms with E-state index in [9.17, 15) is 9.59 Å². The lowest BCUT2D eigenvalue weighted by Gasteiger charge is -2.13. The van der Waals surface area contributed by atoms with Gasteiger partial charge in [0, 0.05) is 4.88 Å². The van der Waals surface area contributed by atoms with Crippen LogP contribution >= 0.6 is 23.1 Å². The smallest absolute Gasteiger partial charge is 0.266 e. The van der Waals surface area contributed by atoms with Crippen LogP contribution in [-0.2, 0) is 4.79 Å². The fourth-order valence-corrected chi connectivity index (χ4v) is 4.46. The molecule has 1 N–H and O–H groups in total. The highest BCUT2D eigenvalue weighted by Crippen LogP contribution is 2.21. The van der Waals surface area contributed by atoms with Gasteiger partial charge in [-0.05, 0) is 49.6 Å². The van der Waals surface area contributed by atoms with Crippen molar-refractivity contribution in [1.82, 2.24) is 15.0 Å². The SMILES string of the molecule is CC(=NNC(=O)CSc1nc2ccccc2c(=O)n1-c1ccc(C)cc1)c1cccs1. The van der Waals surface area contributed by atoms with Gasteiger partial charge < -0.3 is 0 Å². The number of rotatable bonds is 6. The third-order valence-corrected chi connectivity index (χ3v) is 6.51. The van der Waals surface area contributed by atoms with Gasteiger partial charge in [-0.1, -0.05) is 47.7 Å². The van der Waals surface area contributed by atoms with Crippen molar-refractivity contribution in [3.05, 3.63) is 86.8 Å². The summed E-state index contributed by atoms with van der Waals surface area (Å²) in [4.78, 5) is 31.2. The molecule has 0 spiro atoms. The van der Waals surface area contributed by atoms with Crippen molar-refractivity contribution in [2.24, 2.45) is 5.10 Å². The zero-order chi connectivity index (χ0) is 21.8. The van der Waals surface area contributed by atoms with E-state index in [0.29, 0.717) is 21.7 Å². The summed E-state index contributed by atoms with van der Waals surface area (Å²) in [5.41, 5.74) is 5.57. The number of nitrogens with zero attached hydrogens (tertiary/aromatic N) is 3. The Hall–Kier alpha value is -3.23. The van der Waals surface area contributed by atoms with E-state index < -0.39 is 0 Å². The van der Waals surface area contributed by atoms with Gasteiger partial charge in [0.25, 0.3) is 11.5 Å². The minimum absolute atomic E-state index is 0.0812. The number of hydrogen-bond donors (Lipinski definition) is 1. The highest BCUT2D eigenvalue weighted by Gasteiger charge is 2.14. The van der Waals surface area contributed by atoms with E-state index in [1.165, 1.54) is 11.8 Å². The van der Waals surface area contributed by atoms with Crippen LogP contribution in [0.1, 0.15) is 17.4 Å². The van der Waals surface area contributed by atoms with Crippen LogP contribution in [0.15, 0.2) is 81.1 Å². The van der Waals surface area contributed by atoms with E-state index >= 15 is 0 Å². The zero-order valence-electron chi connectivity index (χ0n) is 17.0. The Bertz CT molecular complexity index is 1310. The predicted molar refractivity (Wildman–Crippen MR) is 127 cm³/mol. The molecule has 0 aliphatic carbocycles. The number of para-hydroxylation sites is 1. The molecule has 31 heavy (non-hydrogen) atoms. The highest BCUT2D eigenvalue weighted by atomic mass is 32.2. The number of aromatic nitrogens is 2. The Labute approximate surface area is 187 Å². The number of thiophene rings is 1. The second-order valence-electron chi connectivity index (χ2n) is 6.89. The summed E-state index contributed by atoms with van der Waals surface area (Å²) in [6.45, 7) is 3.84. The molecule has 0 unspecified atom stereocenters. The Morgan fingerprint density at radius 3 is 2.65 bits per heavy atom. The van der Waals surface area contributed by atoms with Crippen molar-refractivity contribution in [3.63, 3.8) is 0 Å². The molecule has 0 saturated heterocycles. The highest BCUT2D eigenvalue weighted by molar-refractivity contribution is 7.99. The first-order valence-electron chi connectivity index (χ1n) is 9.61. The van der Waals surface area contributed by atoms with Crippen LogP contribution < -0.4 is 11.0 Å². The van der Waals surface area contributed by atoms with Gasteiger partial charge in [-0.2, -0.15) is 5.10 Å². The molecule has 0 aliphatic heterocycles. The minimum Gasteiger partial charge on any atom is -0.272 e. The molecule has 0 saturated carbocycles. The zero-order valence-corrected chi connectivity index (χ0v) is 18.7. The first kappa shape index (κ1) is 21.0. The first-order valence-corrected chi connectivity index (χ1v) is 11.5. The normalized spacial score (nSPS) is 11.6. The van der Waals surface area contributed by atoms with Crippen molar-refractivity contribution in [2.75, 3.05) is 5.75 Å². The molecule has 0 bridgehead atoms. The van der Waals surface area contributed by atoms with E-state index in [1.807, 2.05) is 67.8 Å². The molecule has 8 heteroatoms. The maximum atomic E-state index is 13.2. The quantitative estimate of drug-likeness (QED) is 0.205. The molecule has 0 atom stereocenters. The van der Waals surface area contributed by atoms with E-state index in [4.69, 9.17) is 0 Å². The molecule has 4 rings (SSSR count). The topological polar surface area (TPSA) is 76.3 Å². The summed E-state index contributed by atoms with van der Waals surface area (Å²) >= 11 is 2.77. The van der Waals surface area contributed by atoms with Crippen LogP contribution in [0.5, 0.6) is 0 Å². The number of hydrogen-bond acceptors (Lipinski definition) is 6. The van der Waals surface area contributed by atoms with Crippen molar-refractivity contribution >= 4 is 45.6 Å². The number of fused-ring (bicyclic) bond motifs is 1. The number of carbonyl (C=O) groups excluding carboxylic acids is 1. The number of nitrogens with one attached hydrogen (secondary N) is 1. The third kappa shape index (κ3) is 4.76. The van der Waals surface area contributed by atoms with Gasteiger partial charge in [-0.3, -0.25) is 14.2 Å². The fraction of sp³-hybridized carbons (Fsp3) is 0.130. The predicted octanol–water partition coefficient (Wildman–Crippen LogP) is 4.39. The standard InChI is InChI=1S/C23H20N4O2S2/c1-15-9-11-17(12-10-15)27-22(29)18-6-3-4-7-19(18)24-23(27)31-14-21(28)26-25-16(2)20-8-5-13-30-20/h3-13H,14H2,1-2H3,(H,26,28). The molecular formula is C23H20N4O2S2. The van der Waals surface area contributed by atoms with Crippen molar-refractivity contribution in [2.45, 2.75) is 19.0 Å². The number of amides is 1. The maximum absolute atomic E-state index is 13.2. The molecule has 2 heterocycles. The maximum Gasteiger partial charge on any atom is 0.266 e. The number of thioether (sulfide) groups is 1. The Morgan fingerprint density at radius 2 is 1.90 bits per heavy atom. The second kappa shape index (κ2) is 9.28. The molecule has 0 aliphatic rings.